The highest BCUT2D eigenvalue weighted by atomic mass is 16.5. The van der Waals surface area contributed by atoms with Gasteiger partial charge in [0.15, 0.2) is 0 Å². The summed E-state index contributed by atoms with van der Waals surface area (Å²) < 4.78 is 10.9. The fraction of sp³-hybridized carbons (Fsp3) is 0.412. The van der Waals surface area contributed by atoms with Crippen LogP contribution >= 0.6 is 0 Å². The molecule has 0 aliphatic carbocycles. The summed E-state index contributed by atoms with van der Waals surface area (Å²) in [4.78, 5) is 2.23. The lowest BCUT2D eigenvalue weighted by molar-refractivity contribution is 0.287. The lowest BCUT2D eigenvalue weighted by Gasteiger charge is -2.15. The van der Waals surface area contributed by atoms with Gasteiger partial charge in [-0.25, -0.2) is 0 Å². The summed E-state index contributed by atoms with van der Waals surface area (Å²) in [6, 6.07) is 10.3. The highest BCUT2D eigenvalue weighted by molar-refractivity contribution is 5.28. The first kappa shape index (κ1) is 15.6. The Hall–Kier alpha value is -1.78. The first-order valence-corrected chi connectivity index (χ1v) is 7.29. The van der Waals surface area contributed by atoms with Crippen LogP contribution in [0, 0.1) is 0 Å². The Morgan fingerprint density at radius 1 is 1.19 bits per heavy atom. The summed E-state index contributed by atoms with van der Waals surface area (Å²) in [7, 11) is 3.78. The molecule has 0 amide bonds. The van der Waals surface area contributed by atoms with E-state index >= 15 is 0 Å². The molecule has 0 spiro atoms. The summed E-state index contributed by atoms with van der Waals surface area (Å²) in [5, 5.41) is 3.30. The van der Waals surface area contributed by atoms with E-state index in [1.165, 1.54) is 11.1 Å². The van der Waals surface area contributed by atoms with Gasteiger partial charge in [0.05, 0.1) is 19.9 Å². The average molecular weight is 288 g/mol. The van der Waals surface area contributed by atoms with E-state index < -0.39 is 0 Å². The lowest BCUT2D eigenvalue weighted by Crippen LogP contribution is -2.17. The number of hydrogen-bond acceptors (Lipinski definition) is 4. The third kappa shape index (κ3) is 4.92. The van der Waals surface area contributed by atoms with Gasteiger partial charge >= 0.3 is 0 Å². The van der Waals surface area contributed by atoms with Gasteiger partial charge in [-0.2, -0.15) is 0 Å². The fourth-order valence-corrected chi connectivity index (χ4v) is 2.28. The van der Waals surface area contributed by atoms with Gasteiger partial charge in [0, 0.05) is 18.7 Å². The van der Waals surface area contributed by atoms with E-state index in [0.717, 1.165) is 37.7 Å². The normalized spacial score (nSPS) is 11.0. The third-order valence-corrected chi connectivity index (χ3v) is 3.30. The smallest absolute Gasteiger partial charge is 0.119 e. The standard InChI is InChI=1S/C17H24N2O2/c1-4-18-10-15-9-17(21-13-15)12-19(2)11-14-6-5-7-16(8-14)20-3/h5-9,13,18H,4,10-12H2,1-3H3. The summed E-state index contributed by atoms with van der Waals surface area (Å²) in [5.74, 6) is 1.89. The molecule has 0 aliphatic rings. The van der Waals surface area contributed by atoms with Crippen LogP contribution in [-0.4, -0.2) is 25.6 Å². The molecule has 1 aromatic carbocycles. The van der Waals surface area contributed by atoms with Gasteiger partial charge in [-0.15, -0.1) is 0 Å². The Morgan fingerprint density at radius 2 is 2.05 bits per heavy atom. The van der Waals surface area contributed by atoms with Crippen molar-refractivity contribution in [1.82, 2.24) is 10.2 Å². The number of hydrogen-bond donors (Lipinski definition) is 1. The molecule has 0 saturated carbocycles. The molecule has 0 bridgehead atoms. The zero-order valence-corrected chi connectivity index (χ0v) is 13.1. The lowest BCUT2D eigenvalue weighted by atomic mass is 10.2. The Bertz CT molecular complexity index is 551. The highest BCUT2D eigenvalue weighted by Crippen LogP contribution is 2.16. The molecule has 1 N–H and O–H groups in total. The fourth-order valence-electron chi connectivity index (χ4n) is 2.28. The molecule has 4 nitrogen and oxygen atoms in total. The number of furan rings is 1. The second-order valence-corrected chi connectivity index (χ2v) is 5.23. The maximum absolute atomic E-state index is 5.61. The monoisotopic (exact) mass is 288 g/mol. The highest BCUT2D eigenvalue weighted by Gasteiger charge is 2.07. The molecule has 2 rings (SSSR count). The second-order valence-electron chi connectivity index (χ2n) is 5.23. The quantitative estimate of drug-likeness (QED) is 0.810. The van der Waals surface area contributed by atoms with Crippen molar-refractivity contribution in [3.05, 3.63) is 53.5 Å². The van der Waals surface area contributed by atoms with Crippen LogP contribution in [0.3, 0.4) is 0 Å². The van der Waals surface area contributed by atoms with Gasteiger partial charge in [-0.05, 0) is 37.4 Å². The minimum atomic E-state index is 0.795. The molecule has 114 valence electrons. The van der Waals surface area contributed by atoms with Crippen LogP contribution in [0.25, 0.3) is 0 Å². The van der Waals surface area contributed by atoms with Crippen molar-refractivity contribution < 1.29 is 9.15 Å². The first-order valence-electron chi connectivity index (χ1n) is 7.29. The molecule has 0 fully saturated rings. The van der Waals surface area contributed by atoms with E-state index in [-0.39, 0.29) is 0 Å². The van der Waals surface area contributed by atoms with Crippen molar-refractivity contribution in [2.45, 2.75) is 26.6 Å². The van der Waals surface area contributed by atoms with E-state index in [1.54, 1.807) is 7.11 Å². The molecule has 0 saturated heterocycles. The van der Waals surface area contributed by atoms with E-state index in [1.807, 2.05) is 18.4 Å². The molecular weight excluding hydrogens is 264 g/mol. The Kier molecular flexibility index (Phi) is 5.84. The minimum Gasteiger partial charge on any atom is -0.497 e. The Balaban J connectivity index is 1.88. The molecule has 4 heteroatoms. The Morgan fingerprint density at radius 3 is 2.81 bits per heavy atom. The molecule has 1 aromatic heterocycles. The van der Waals surface area contributed by atoms with E-state index in [2.05, 4.69) is 42.4 Å². The van der Waals surface area contributed by atoms with Crippen LogP contribution in [-0.2, 0) is 19.6 Å². The van der Waals surface area contributed by atoms with Crippen LogP contribution in [0.15, 0.2) is 41.0 Å². The van der Waals surface area contributed by atoms with Gasteiger partial charge in [0.25, 0.3) is 0 Å². The molecule has 1 heterocycles. The van der Waals surface area contributed by atoms with Crippen LogP contribution in [0.5, 0.6) is 5.75 Å². The SMILES string of the molecule is CCNCc1coc(CN(C)Cc2cccc(OC)c2)c1. The van der Waals surface area contributed by atoms with Crippen LogP contribution in [0.2, 0.25) is 0 Å². The van der Waals surface area contributed by atoms with Crippen molar-refractivity contribution in [2.75, 3.05) is 20.7 Å². The zero-order chi connectivity index (χ0) is 15.1. The zero-order valence-electron chi connectivity index (χ0n) is 13.1. The van der Waals surface area contributed by atoms with E-state index in [0.29, 0.717) is 0 Å². The summed E-state index contributed by atoms with van der Waals surface area (Å²) >= 11 is 0. The van der Waals surface area contributed by atoms with Gasteiger partial charge in [-0.3, -0.25) is 4.90 Å². The maximum atomic E-state index is 5.61. The summed E-state index contributed by atoms with van der Waals surface area (Å²) in [6.45, 7) is 5.59. The average Bonchev–Trinajstić information content (AvgIpc) is 2.92. The van der Waals surface area contributed by atoms with Crippen LogP contribution < -0.4 is 10.1 Å². The van der Waals surface area contributed by atoms with Crippen LogP contribution in [0.4, 0.5) is 0 Å². The molecule has 0 aliphatic heterocycles. The number of methoxy groups -OCH3 is 1. The molecule has 0 atom stereocenters. The van der Waals surface area contributed by atoms with Crippen molar-refractivity contribution >= 4 is 0 Å². The van der Waals surface area contributed by atoms with E-state index in [9.17, 15) is 0 Å². The van der Waals surface area contributed by atoms with Crippen molar-refractivity contribution in [3.8, 4) is 5.75 Å². The van der Waals surface area contributed by atoms with E-state index in [4.69, 9.17) is 9.15 Å². The van der Waals surface area contributed by atoms with Crippen molar-refractivity contribution in [2.24, 2.45) is 0 Å². The molecule has 0 unspecified atom stereocenters. The number of nitrogens with zero attached hydrogens (tertiary/aromatic N) is 1. The van der Waals surface area contributed by atoms with Gasteiger partial charge in [0.1, 0.15) is 11.5 Å². The molecule has 21 heavy (non-hydrogen) atoms. The minimum absolute atomic E-state index is 0.795. The molecule has 2 aromatic rings. The van der Waals surface area contributed by atoms with Crippen molar-refractivity contribution in [1.29, 1.82) is 0 Å². The number of benzene rings is 1. The predicted molar refractivity (Wildman–Crippen MR) is 84.3 cm³/mol. The number of ether oxygens (including phenoxy) is 1. The van der Waals surface area contributed by atoms with Gasteiger partial charge in [-0.1, -0.05) is 19.1 Å². The second kappa shape index (κ2) is 7.86. The summed E-state index contributed by atoms with van der Waals surface area (Å²) in [5.41, 5.74) is 2.43. The number of nitrogens with one attached hydrogen (secondary N) is 1. The third-order valence-electron chi connectivity index (χ3n) is 3.30. The van der Waals surface area contributed by atoms with Crippen molar-refractivity contribution in [3.63, 3.8) is 0 Å². The summed E-state index contributed by atoms with van der Waals surface area (Å²) in [6.07, 6.45) is 1.83. The topological polar surface area (TPSA) is 37.6 Å². The number of rotatable bonds is 8. The van der Waals surface area contributed by atoms with Gasteiger partial charge in [0.2, 0.25) is 0 Å². The van der Waals surface area contributed by atoms with Crippen LogP contribution in [0.1, 0.15) is 23.8 Å². The Labute approximate surface area is 126 Å². The first-order chi connectivity index (χ1) is 10.2. The predicted octanol–water partition coefficient (Wildman–Crippen LogP) is 3.03. The molecular formula is C17H24N2O2. The molecule has 0 radical (unpaired) electrons. The maximum Gasteiger partial charge on any atom is 0.119 e. The largest absolute Gasteiger partial charge is 0.497 e. The van der Waals surface area contributed by atoms with Gasteiger partial charge < -0.3 is 14.5 Å².